The molecule has 2 atom stereocenters. The standard InChI is InChI=1S/C8H11NO5S3/c1-4-2-6(10)5-3-7(17(9,13)14)15-8(5)16(4,11)12/h3-4,6,10H,2H2,1H3,(H2,9,13,14)/t4-,6+/m1/s1. The van der Waals surface area contributed by atoms with Crippen LogP contribution in [-0.4, -0.2) is 27.2 Å². The lowest BCUT2D eigenvalue weighted by molar-refractivity contribution is 0.161. The Kier molecular flexibility index (Phi) is 2.86. The van der Waals surface area contributed by atoms with Crippen LogP contribution in [0.4, 0.5) is 0 Å². The molecule has 1 aliphatic rings. The van der Waals surface area contributed by atoms with Crippen LogP contribution >= 0.6 is 11.3 Å². The summed E-state index contributed by atoms with van der Waals surface area (Å²) in [6.07, 6.45) is -0.897. The summed E-state index contributed by atoms with van der Waals surface area (Å²) in [6.45, 7) is 1.48. The largest absolute Gasteiger partial charge is 0.388 e. The van der Waals surface area contributed by atoms with E-state index in [-0.39, 0.29) is 20.4 Å². The van der Waals surface area contributed by atoms with E-state index in [1.807, 2.05) is 0 Å². The van der Waals surface area contributed by atoms with Crippen molar-refractivity contribution in [2.45, 2.75) is 33.1 Å². The Morgan fingerprint density at radius 3 is 2.65 bits per heavy atom. The lowest BCUT2D eigenvalue weighted by atomic mass is 10.1. The Morgan fingerprint density at radius 1 is 1.53 bits per heavy atom. The van der Waals surface area contributed by atoms with Gasteiger partial charge in [-0.25, -0.2) is 22.0 Å². The summed E-state index contributed by atoms with van der Waals surface area (Å²) >= 11 is 0.596. The van der Waals surface area contributed by atoms with Gasteiger partial charge in [-0.05, 0) is 19.4 Å². The molecule has 1 aromatic heterocycles. The van der Waals surface area contributed by atoms with E-state index in [0.717, 1.165) is 6.07 Å². The molecular weight excluding hydrogens is 286 g/mol. The summed E-state index contributed by atoms with van der Waals surface area (Å²) < 4.78 is 45.9. The van der Waals surface area contributed by atoms with Gasteiger partial charge >= 0.3 is 0 Å². The van der Waals surface area contributed by atoms with Gasteiger partial charge < -0.3 is 5.11 Å². The van der Waals surface area contributed by atoms with Crippen LogP contribution in [-0.2, 0) is 19.9 Å². The van der Waals surface area contributed by atoms with E-state index in [2.05, 4.69) is 0 Å². The number of sulfone groups is 1. The van der Waals surface area contributed by atoms with Crippen molar-refractivity contribution in [3.8, 4) is 0 Å². The number of fused-ring (bicyclic) bond motifs is 1. The highest BCUT2D eigenvalue weighted by atomic mass is 32.3. The van der Waals surface area contributed by atoms with Gasteiger partial charge in [0.2, 0.25) is 10.0 Å². The third-order valence-electron chi connectivity index (χ3n) is 2.69. The molecular formula is C8H11NO5S3. The minimum atomic E-state index is -3.95. The Hall–Kier alpha value is -0.480. The van der Waals surface area contributed by atoms with Gasteiger partial charge in [-0.2, -0.15) is 0 Å². The second-order valence-corrected chi connectivity index (χ2v) is 9.36. The van der Waals surface area contributed by atoms with Gasteiger partial charge in [0, 0.05) is 5.56 Å². The number of nitrogens with two attached hydrogens (primary N) is 1. The number of sulfonamides is 1. The van der Waals surface area contributed by atoms with Crippen molar-refractivity contribution in [1.82, 2.24) is 0 Å². The van der Waals surface area contributed by atoms with Crippen molar-refractivity contribution >= 4 is 31.2 Å². The van der Waals surface area contributed by atoms with Gasteiger partial charge in [0.15, 0.2) is 9.84 Å². The monoisotopic (exact) mass is 297 g/mol. The summed E-state index contributed by atoms with van der Waals surface area (Å²) in [5.74, 6) is 0. The van der Waals surface area contributed by atoms with Crippen LogP contribution in [0.25, 0.3) is 0 Å². The van der Waals surface area contributed by atoms with Gasteiger partial charge in [-0.3, -0.25) is 0 Å². The van der Waals surface area contributed by atoms with Crippen molar-refractivity contribution in [2.24, 2.45) is 5.14 Å². The van der Waals surface area contributed by atoms with Crippen LogP contribution < -0.4 is 5.14 Å². The number of aliphatic hydroxyl groups excluding tert-OH is 1. The van der Waals surface area contributed by atoms with E-state index in [9.17, 15) is 21.9 Å². The van der Waals surface area contributed by atoms with Crippen molar-refractivity contribution in [2.75, 3.05) is 0 Å². The first-order valence-electron chi connectivity index (χ1n) is 4.72. The second kappa shape index (κ2) is 3.75. The first-order valence-corrected chi connectivity index (χ1v) is 8.63. The predicted molar refractivity (Wildman–Crippen MR) is 61.9 cm³/mol. The summed E-state index contributed by atoms with van der Waals surface area (Å²) in [7, 11) is -7.50. The Balaban J connectivity index is 2.73. The molecule has 0 saturated carbocycles. The molecule has 9 heteroatoms. The molecule has 6 nitrogen and oxygen atoms in total. The summed E-state index contributed by atoms with van der Waals surface area (Å²) in [6, 6.07) is 1.14. The summed E-state index contributed by atoms with van der Waals surface area (Å²) in [5.41, 5.74) is 0.136. The number of aliphatic hydroxyl groups is 1. The van der Waals surface area contributed by atoms with Crippen LogP contribution in [0.2, 0.25) is 0 Å². The van der Waals surface area contributed by atoms with Crippen molar-refractivity contribution in [3.05, 3.63) is 11.6 Å². The molecule has 96 valence electrons. The maximum Gasteiger partial charge on any atom is 0.247 e. The SMILES string of the molecule is C[C@@H]1C[C@H](O)c2cc(S(N)(=O)=O)sc2S1(=O)=O. The zero-order valence-corrected chi connectivity index (χ0v) is 11.3. The molecule has 0 amide bonds. The Labute approximate surface area is 103 Å². The van der Waals surface area contributed by atoms with Gasteiger partial charge in [-0.1, -0.05) is 0 Å². The molecule has 0 spiro atoms. The van der Waals surface area contributed by atoms with Gasteiger partial charge in [-0.15, -0.1) is 11.3 Å². The van der Waals surface area contributed by atoms with E-state index in [4.69, 9.17) is 5.14 Å². The second-order valence-electron chi connectivity index (χ2n) is 3.96. The highest BCUT2D eigenvalue weighted by Crippen LogP contribution is 2.42. The number of thiophene rings is 1. The highest BCUT2D eigenvalue weighted by molar-refractivity contribution is 7.95. The van der Waals surface area contributed by atoms with Gasteiger partial charge in [0.25, 0.3) is 0 Å². The van der Waals surface area contributed by atoms with Gasteiger partial charge in [0.05, 0.1) is 11.4 Å². The zero-order chi connectivity index (χ0) is 13.0. The summed E-state index contributed by atoms with van der Waals surface area (Å²) in [5, 5.41) is 14.0. The minimum absolute atomic E-state index is 0.0656. The fraction of sp³-hybridized carbons (Fsp3) is 0.500. The lowest BCUT2D eigenvalue weighted by Crippen LogP contribution is -2.26. The third-order valence-corrected chi connectivity index (χ3v) is 8.00. The molecule has 0 saturated heterocycles. The molecule has 1 aliphatic heterocycles. The maximum atomic E-state index is 12.0. The smallest absolute Gasteiger partial charge is 0.247 e. The van der Waals surface area contributed by atoms with Crippen molar-refractivity contribution in [1.29, 1.82) is 0 Å². The van der Waals surface area contributed by atoms with E-state index in [1.165, 1.54) is 6.92 Å². The quantitative estimate of drug-likeness (QED) is 0.757. The average molecular weight is 297 g/mol. The Bertz CT molecular complexity index is 657. The third kappa shape index (κ3) is 2.02. The van der Waals surface area contributed by atoms with Gasteiger partial charge in [0.1, 0.15) is 8.42 Å². The molecule has 3 N–H and O–H groups in total. The molecule has 0 aliphatic carbocycles. The molecule has 0 unspecified atom stereocenters. The fourth-order valence-corrected chi connectivity index (χ4v) is 6.11. The number of hydrogen-bond acceptors (Lipinski definition) is 6. The summed E-state index contributed by atoms with van der Waals surface area (Å²) in [4.78, 5) is 0. The molecule has 2 rings (SSSR count). The normalized spacial score (nSPS) is 27.7. The number of primary sulfonamides is 1. The first-order chi connectivity index (χ1) is 7.64. The molecule has 2 heterocycles. The van der Waals surface area contributed by atoms with E-state index >= 15 is 0 Å². The van der Waals surface area contributed by atoms with E-state index in [0.29, 0.717) is 11.3 Å². The van der Waals surface area contributed by atoms with Crippen molar-refractivity contribution in [3.63, 3.8) is 0 Å². The zero-order valence-electron chi connectivity index (χ0n) is 8.82. The van der Waals surface area contributed by atoms with E-state index < -0.39 is 31.2 Å². The molecule has 0 bridgehead atoms. The van der Waals surface area contributed by atoms with Crippen LogP contribution in [0, 0.1) is 0 Å². The fourth-order valence-electron chi connectivity index (χ4n) is 1.71. The highest BCUT2D eigenvalue weighted by Gasteiger charge is 2.38. The predicted octanol–water partition coefficient (Wildman–Crippen LogP) is -0.00520. The molecule has 17 heavy (non-hydrogen) atoms. The van der Waals surface area contributed by atoms with Crippen molar-refractivity contribution < 1.29 is 21.9 Å². The molecule has 0 fully saturated rings. The minimum Gasteiger partial charge on any atom is -0.388 e. The maximum absolute atomic E-state index is 12.0. The Morgan fingerprint density at radius 2 is 2.12 bits per heavy atom. The van der Waals surface area contributed by atoms with Crippen LogP contribution in [0.5, 0.6) is 0 Å². The molecule has 0 radical (unpaired) electrons. The molecule has 1 aromatic rings. The average Bonchev–Trinajstić information content (AvgIpc) is 2.59. The van der Waals surface area contributed by atoms with Crippen LogP contribution in [0.3, 0.4) is 0 Å². The number of rotatable bonds is 1. The van der Waals surface area contributed by atoms with Crippen LogP contribution in [0.1, 0.15) is 25.0 Å². The first kappa shape index (κ1) is 13.0. The lowest BCUT2D eigenvalue weighted by Gasteiger charge is -2.23. The van der Waals surface area contributed by atoms with E-state index in [1.54, 1.807) is 0 Å². The topological polar surface area (TPSA) is 115 Å². The number of hydrogen-bond donors (Lipinski definition) is 2. The van der Waals surface area contributed by atoms with Crippen LogP contribution in [0.15, 0.2) is 14.5 Å². The molecule has 0 aromatic carbocycles.